The summed E-state index contributed by atoms with van der Waals surface area (Å²) in [4.78, 5) is 10.5. The third-order valence-electron chi connectivity index (χ3n) is 3.17. The summed E-state index contributed by atoms with van der Waals surface area (Å²) in [7, 11) is -4.21. The molecule has 2 aromatic rings. The van der Waals surface area contributed by atoms with Crippen LogP contribution in [-0.2, 0) is 27.4 Å². The summed E-state index contributed by atoms with van der Waals surface area (Å²) in [6.07, 6.45) is -4.77. The van der Waals surface area contributed by atoms with Crippen molar-refractivity contribution in [3.05, 3.63) is 59.7 Å². The fraction of sp³-hybridized carbons (Fsp3) is 0.133. The summed E-state index contributed by atoms with van der Waals surface area (Å²) in [5.41, 5.74) is 1.02. The van der Waals surface area contributed by atoms with Gasteiger partial charge >= 0.3 is 6.18 Å². The van der Waals surface area contributed by atoms with Crippen molar-refractivity contribution in [1.29, 1.82) is 0 Å². The number of hydrogen-bond acceptors (Lipinski definition) is 4. The molecule has 0 saturated heterocycles. The van der Waals surface area contributed by atoms with Crippen molar-refractivity contribution in [3.8, 4) is 0 Å². The lowest BCUT2D eigenvalue weighted by Crippen LogP contribution is -2.20. The Morgan fingerprint density at radius 2 is 1.72 bits per heavy atom. The number of carbonyl (C=O) groups excluding carboxylic acids is 1. The number of sulfonamides is 1. The number of amides is 1. The summed E-state index contributed by atoms with van der Waals surface area (Å²) in [5, 5.41) is 8.44. The summed E-state index contributed by atoms with van der Waals surface area (Å²) in [5.74, 6) is -0.641. The molecule has 0 atom stereocenters. The fourth-order valence-corrected chi connectivity index (χ4v) is 3.07. The van der Waals surface area contributed by atoms with E-state index in [0.29, 0.717) is 11.6 Å². The van der Waals surface area contributed by atoms with E-state index in [2.05, 4.69) is 4.72 Å². The van der Waals surface area contributed by atoms with E-state index in [1.807, 2.05) is 0 Å². The van der Waals surface area contributed by atoms with Gasteiger partial charge in [-0.2, -0.15) is 13.2 Å². The molecule has 0 saturated carbocycles. The van der Waals surface area contributed by atoms with E-state index < -0.39 is 32.6 Å². The van der Waals surface area contributed by atoms with E-state index in [9.17, 15) is 26.4 Å². The minimum atomic E-state index is -4.65. The number of benzene rings is 2. The van der Waals surface area contributed by atoms with Crippen LogP contribution in [0.3, 0.4) is 0 Å². The topological polar surface area (TPSA) is 95.5 Å². The molecule has 0 aliphatic carbocycles. The van der Waals surface area contributed by atoms with Crippen molar-refractivity contribution < 1.29 is 31.6 Å². The molecule has 0 aliphatic rings. The number of nitrogens with one attached hydrogen (secondary N) is 2. The van der Waals surface area contributed by atoms with Crippen molar-refractivity contribution >= 4 is 21.6 Å². The Labute approximate surface area is 141 Å². The van der Waals surface area contributed by atoms with Crippen LogP contribution in [0.2, 0.25) is 0 Å². The van der Waals surface area contributed by atoms with Crippen molar-refractivity contribution in [2.45, 2.75) is 17.5 Å². The number of halogens is 3. The summed E-state index contributed by atoms with van der Waals surface area (Å²) in [6.45, 7) is 0. The molecule has 10 heteroatoms. The summed E-state index contributed by atoms with van der Waals surface area (Å²) < 4.78 is 64.7. The van der Waals surface area contributed by atoms with Gasteiger partial charge in [0.1, 0.15) is 0 Å². The lowest BCUT2D eigenvalue weighted by molar-refractivity contribution is -0.137. The molecule has 0 heterocycles. The van der Waals surface area contributed by atoms with Crippen LogP contribution in [-0.4, -0.2) is 19.5 Å². The Hall–Kier alpha value is -2.59. The van der Waals surface area contributed by atoms with Gasteiger partial charge in [0.05, 0.1) is 16.9 Å². The number of rotatable bonds is 5. The normalized spacial score (nSPS) is 11.8. The van der Waals surface area contributed by atoms with Crippen LogP contribution in [0.15, 0.2) is 53.4 Å². The van der Waals surface area contributed by atoms with Gasteiger partial charge in [0.25, 0.3) is 10.0 Å². The van der Waals surface area contributed by atoms with Crippen LogP contribution in [0.25, 0.3) is 0 Å². The largest absolute Gasteiger partial charge is 0.416 e. The SMILES string of the molecule is O=C(Cc1ccc(NS(=O)(=O)c2cccc(C(F)(F)F)c2)cc1)NO. The molecule has 0 unspecified atom stereocenters. The van der Waals surface area contributed by atoms with Crippen LogP contribution in [0.1, 0.15) is 11.1 Å². The summed E-state index contributed by atoms with van der Waals surface area (Å²) >= 11 is 0. The predicted octanol–water partition coefficient (Wildman–Crippen LogP) is 2.55. The van der Waals surface area contributed by atoms with Gasteiger partial charge < -0.3 is 0 Å². The van der Waals surface area contributed by atoms with Gasteiger partial charge in [0.15, 0.2) is 0 Å². The van der Waals surface area contributed by atoms with Crippen molar-refractivity contribution in [3.63, 3.8) is 0 Å². The van der Waals surface area contributed by atoms with Crippen molar-refractivity contribution in [1.82, 2.24) is 5.48 Å². The van der Waals surface area contributed by atoms with Crippen LogP contribution in [0, 0.1) is 0 Å². The minimum absolute atomic E-state index is 0.114. The zero-order valence-corrected chi connectivity index (χ0v) is 13.4. The van der Waals surface area contributed by atoms with Gasteiger partial charge in [-0.25, -0.2) is 13.9 Å². The maximum atomic E-state index is 12.7. The third kappa shape index (κ3) is 4.94. The minimum Gasteiger partial charge on any atom is -0.289 e. The number of carbonyl (C=O) groups is 1. The molecule has 6 nitrogen and oxygen atoms in total. The fourth-order valence-electron chi connectivity index (χ4n) is 1.97. The molecule has 0 aliphatic heterocycles. The molecule has 0 fully saturated rings. The first-order chi connectivity index (χ1) is 11.6. The second kappa shape index (κ2) is 7.11. The zero-order valence-electron chi connectivity index (χ0n) is 12.5. The second-order valence-corrected chi connectivity index (χ2v) is 6.72. The van der Waals surface area contributed by atoms with Gasteiger partial charge in [-0.05, 0) is 35.9 Å². The lowest BCUT2D eigenvalue weighted by Gasteiger charge is -2.11. The quantitative estimate of drug-likeness (QED) is 0.554. The van der Waals surface area contributed by atoms with E-state index in [-0.39, 0.29) is 12.1 Å². The van der Waals surface area contributed by atoms with E-state index in [0.717, 1.165) is 18.2 Å². The van der Waals surface area contributed by atoms with Gasteiger partial charge in [-0.15, -0.1) is 0 Å². The molecule has 2 rings (SSSR count). The molecular weight excluding hydrogens is 361 g/mol. The molecule has 25 heavy (non-hydrogen) atoms. The average Bonchev–Trinajstić information content (AvgIpc) is 2.55. The first-order valence-corrected chi connectivity index (χ1v) is 8.32. The standard InChI is InChI=1S/C15H13F3N2O4S/c16-15(17,18)11-2-1-3-13(9-11)25(23,24)20-12-6-4-10(5-7-12)8-14(21)19-22/h1-7,9,20,22H,8H2,(H,19,21). The predicted molar refractivity (Wildman–Crippen MR) is 82.3 cm³/mol. The highest BCUT2D eigenvalue weighted by molar-refractivity contribution is 7.92. The molecule has 0 aromatic heterocycles. The van der Waals surface area contributed by atoms with E-state index in [1.165, 1.54) is 29.7 Å². The molecule has 134 valence electrons. The molecule has 0 radical (unpaired) electrons. The number of hydrogen-bond donors (Lipinski definition) is 3. The Balaban J connectivity index is 2.20. The molecule has 3 N–H and O–H groups in total. The second-order valence-electron chi connectivity index (χ2n) is 5.04. The average molecular weight is 374 g/mol. The summed E-state index contributed by atoms with van der Waals surface area (Å²) in [6, 6.07) is 8.97. The highest BCUT2D eigenvalue weighted by Gasteiger charge is 2.31. The number of anilines is 1. The molecule has 1 amide bonds. The molecule has 0 spiro atoms. The molecule has 0 bridgehead atoms. The highest BCUT2D eigenvalue weighted by Crippen LogP contribution is 2.30. The smallest absolute Gasteiger partial charge is 0.289 e. The third-order valence-corrected chi connectivity index (χ3v) is 4.55. The Kier molecular flexibility index (Phi) is 5.33. The van der Waals surface area contributed by atoms with Gasteiger partial charge in [-0.1, -0.05) is 18.2 Å². The highest BCUT2D eigenvalue weighted by atomic mass is 32.2. The van der Waals surface area contributed by atoms with Crippen LogP contribution in [0.5, 0.6) is 0 Å². The van der Waals surface area contributed by atoms with E-state index in [1.54, 1.807) is 0 Å². The first-order valence-electron chi connectivity index (χ1n) is 6.84. The molecule has 2 aromatic carbocycles. The first kappa shape index (κ1) is 18.7. The van der Waals surface area contributed by atoms with Crippen LogP contribution < -0.4 is 10.2 Å². The van der Waals surface area contributed by atoms with Crippen LogP contribution >= 0.6 is 0 Å². The van der Waals surface area contributed by atoms with Crippen molar-refractivity contribution in [2.24, 2.45) is 0 Å². The lowest BCUT2D eigenvalue weighted by atomic mass is 10.1. The maximum absolute atomic E-state index is 12.7. The van der Waals surface area contributed by atoms with E-state index in [4.69, 9.17) is 5.21 Å². The Morgan fingerprint density at radius 3 is 2.28 bits per heavy atom. The van der Waals surface area contributed by atoms with Gasteiger partial charge in [-0.3, -0.25) is 14.7 Å². The number of alkyl halides is 3. The zero-order chi connectivity index (χ0) is 18.7. The van der Waals surface area contributed by atoms with Crippen LogP contribution in [0.4, 0.5) is 18.9 Å². The molecular formula is C15H13F3N2O4S. The van der Waals surface area contributed by atoms with Crippen molar-refractivity contribution in [2.75, 3.05) is 4.72 Å². The Morgan fingerprint density at radius 1 is 1.08 bits per heavy atom. The monoisotopic (exact) mass is 374 g/mol. The number of hydroxylamine groups is 1. The van der Waals surface area contributed by atoms with Gasteiger partial charge in [0, 0.05) is 5.69 Å². The Bertz CT molecular complexity index is 865. The van der Waals surface area contributed by atoms with E-state index >= 15 is 0 Å². The van der Waals surface area contributed by atoms with Gasteiger partial charge in [0.2, 0.25) is 5.91 Å². The maximum Gasteiger partial charge on any atom is 0.416 e.